The van der Waals surface area contributed by atoms with Crippen LogP contribution in [-0.2, 0) is 9.59 Å². The summed E-state index contributed by atoms with van der Waals surface area (Å²) in [7, 11) is 0. The summed E-state index contributed by atoms with van der Waals surface area (Å²) in [6.45, 7) is 3.32. The third-order valence-corrected chi connectivity index (χ3v) is 6.57. The number of amides is 1. The van der Waals surface area contributed by atoms with Crippen LogP contribution in [0.2, 0.25) is 0 Å². The number of carbonyl (C=O) groups excluding carboxylic acids is 2. The Labute approximate surface area is 193 Å². The maximum atomic E-state index is 12.7. The Morgan fingerprint density at radius 1 is 1.03 bits per heavy atom. The number of hydrogen-bond acceptors (Lipinski definition) is 6. The Morgan fingerprint density at radius 3 is 2.55 bits per heavy atom. The first-order valence-electron chi connectivity index (χ1n) is 11.8. The summed E-state index contributed by atoms with van der Waals surface area (Å²) in [6.07, 6.45) is 5.38. The van der Waals surface area contributed by atoms with Gasteiger partial charge >= 0.3 is 5.97 Å². The molecule has 0 saturated heterocycles. The van der Waals surface area contributed by atoms with E-state index in [0.29, 0.717) is 49.2 Å². The quantitative estimate of drug-likeness (QED) is 0.519. The molecule has 0 aromatic heterocycles. The average molecular weight is 452 g/mol. The Bertz CT molecular complexity index is 1060. The van der Waals surface area contributed by atoms with Crippen LogP contribution >= 0.6 is 0 Å². The Hall–Kier alpha value is -3.22. The molecule has 1 aliphatic carbocycles. The molecule has 0 bridgehead atoms. The standard InChI is InChI=1S/C26H29NO6/c1-2-30-22-12-17(8-9-21(22)33-26(29)16-6-4-3-5-7-16)18-14-25(28)27-20-15-24-23(13-19(18)20)31-10-11-32-24/h8-9,12-13,15-16,18H,2-7,10-11,14H2,1H3,(H,27,28). The summed E-state index contributed by atoms with van der Waals surface area (Å²) in [6, 6.07) is 9.36. The van der Waals surface area contributed by atoms with Gasteiger partial charge in [0.2, 0.25) is 5.91 Å². The number of fused-ring (bicyclic) bond motifs is 2. The normalized spacial score (nSPS) is 19.9. The number of benzene rings is 2. The van der Waals surface area contributed by atoms with Crippen LogP contribution in [-0.4, -0.2) is 31.7 Å². The maximum absolute atomic E-state index is 12.7. The molecule has 2 aromatic rings. The first-order chi connectivity index (χ1) is 16.1. The largest absolute Gasteiger partial charge is 0.490 e. The third kappa shape index (κ3) is 4.49. The van der Waals surface area contributed by atoms with Gasteiger partial charge in [-0.3, -0.25) is 9.59 Å². The van der Waals surface area contributed by atoms with Gasteiger partial charge in [0, 0.05) is 24.1 Å². The van der Waals surface area contributed by atoms with E-state index in [1.807, 2.05) is 31.2 Å². The van der Waals surface area contributed by atoms with Crippen molar-refractivity contribution in [3.05, 3.63) is 41.5 Å². The van der Waals surface area contributed by atoms with Crippen LogP contribution in [0, 0.1) is 5.92 Å². The van der Waals surface area contributed by atoms with E-state index in [0.717, 1.165) is 42.5 Å². The molecule has 1 N–H and O–H groups in total. The fourth-order valence-corrected chi connectivity index (χ4v) is 4.92. The molecule has 7 nitrogen and oxygen atoms in total. The molecule has 1 amide bonds. The molecule has 174 valence electrons. The van der Waals surface area contributed by atoms with Gasteiger partial charge < -0.3 is 24.3 Å². The second-order valence-corrected chi connectivity index (χ2v) is 8.78. The lowest BCUT2D eigenvalue weighted by atomic mass is 9.84. The summed E-state index contributed by atoms with van der Waals surface area (Å²) in [4.78, 5) is 25.2. The van der Waals surface area contributed by atoms with Gasteiger partial charge in [-0.2, -0.15) is 0 Å². The molecule has 3 aliphatic rings. The van der Waals surface area contributed by atoms with Crippen LogP contribution in [0.1, 0.15) is 62.5 Å². The Kier molecular flexibility index (Phi) is 6.11. The molecule has 7 heteroatoms. The van der Waals surface area contributed by atoms with Crippen LogP contribution in [0.4, 0.5) is 5.69 Å². The number of nitrogens with one attached hydrogen (secondary N) is 1. The van der Waals surface area contributed by atoms with Gasteiger partial charge in [0.05, 0.1) is 12.5 Å². The minimum atomic E-state index is -0.186. The van der Waals surface area contributed by atoms with Crippen molar-refractivity contribution in [2.75, 3.05) is 25.1 Å². The molecule has 0 spiro atoms. The highest BCUT2D eigenvalue weighted by atomic mass is 16.6. The lowest BCUT2D eigenvalue weighted by molar-refractivity contribution is -0.140. The van der Waals surface area contributed by atoms with E-state index in [2.05, 4.69) is 5.32 Å². The van der Waals surface area contributed by atoms with E-state index < -0.39 is 0 Å². The molecule has 5 rings (SSSR count). The van der Waals surface area contributed by atoms with Gasteiger partial charge in [0.25, 0.3) is 0 Å². The summed E-state index contributed by atoms with van der Waals surface area (Å²) in [5.41, 5.74) is 2.61. The highest BCUT2D eigenvalue weighted by molar-refractivity contribution is 5.96. The van der Waals surface area contributed by atoms with Crippen LogP contribution in [0.3, 0.4) is 0 Å². The molecule has 1 unspecified atom stereocenters. The van der Waals surface area contributed by atoms with Gasteiger partial charge in [-0.25, -0.2) is 0 Å². The summed E-state index contributed by atoms with van der Waals surface area (Å²) in [5.74, 6) is 1.81. The molecule has 33 heavy (non-hydrogen) atoms. The number of anilines is 1. The van der Waals surface area contributed by atoms with Gasteiger partial charge in [-0.1, -0.05) is 25.3 Å². The van der Waals surface area contributed by atoms with E-state index in [4.69, 9.17) is 18.9 Å². The van der Waals surface area contributed by atoms with E-state index in [9.17, 15) is 9.59 Å². The summed E-state index contributed by atoms with van der Waals surface area (Å²) < 4.78 is 23.0. The SMILES string of the molecule is CCOc1cc(C2CC(=O)Nc3cc4c(cc32)OCCO4)ccc1OC(=O)C1CCCCC1. The lowest BCUT2D eigenvalue weighted by Gasteiger charge is -2.29. The zero-order valence-electron chi connectivity index (χ0n) is 18.9. The fraction of sp³-hybridized carbons (Fsp3) is 0.462. The van der Waals surface area contributed by atoms with Crippen LogP contribution in [0.5, 0.6) is 23.0 Å². The molecule has 1 atom stereocenters. The third-order valence-electron chi connectivity index (χ3n) is 6.57. The van der Waals surface area contributed by atoms with Gasteiger partial charge in [-0.05, 0) is 49.1 Å². The average Bonchev–Trinajstić information content (AvgIpc) is 2.84. The van der Waals surface area contributed by atoms with E-state index in [1.54, 1.807) is 6.07 Å². The molecule has 2 aromatic carbocycles. The Balaban J connectivity index is 1.45. The molecule has 2 aliphatic heterocycles. The molecular weight excluding hydrogens is 422 g/mol. The predicted molar refractivity (Wildman–Crippen MR) is 122 cm³/mol. The maximum Gasteiger partial charge on any atom is 0.314 e. The van der Waals surface area contributed by atoms with Crippen molar-refractivity contribution in [1.29, 1.82) is 0 Å². The van der Waals surface area contributed by atoms with Crippen molar-refractivity contribution in [2.45, 2.75) is 51.4 Å². The topological polar surface area (TPSA) is 83.1 Å². The first kappa shape index (κ1) is 21.6. The van der Waals surface area contributed by atoms with Crippen LogP contribution < -0.4 is 24.3 Å². The van der Waals surface area contributed by atoms with Crippen LogP contribution in [0.25, 0.3) is 0 Å². The number of rotatable bonds is 5. The van der Waals surface area contributed by atoms with Crippen LogP contribution in [0.15, 0.2) is 30.3 Å². The van der Waals surface area contributed by atoms with E-state index >= 15 is 0 Å². The van der Waals surface area contributed by atoms with E-state index in [-0.39, 0.29) is 23.7 Å². The molecular formula is C26H29NO6. The van der Waals surface area contributed by atoms with Gasteiger partial charge in [0.1, 0.15) is 13.2 Å². The minimum Gasteiger partial charge on any atom is -0.490 e. The van der Waals surface area contributed by atoms with Crippen molar-refractivity contribution >= 4 is 17.6 Å². The number of esters is 1. The summed E-state index contributed by atoms with van der Waals surface area (Å²) >= 11 is 0. The smallest absolute Gasteiger partial charge is 0.314 e. The molecule has 1 fully saturated rings. The van der Waals surface area contributed by atoms with Crippen molar-refractivity contribution in [3.63, 3.8) is 0 Å². The minimum absolute atomic E-state index is 0.0461. The van der Waals surface area contributed by atoms with Gasteiger partial charge in [-0.15, -0.1) is 0 Å². The summed E-state index contributed by atoms with van der Waals surface area (Å²) in [5, 5.41) is 2.95. The molecule has 2 heterocycles. The van der Waals surface area contributed by atoms with Crippen molar-refractivity contribution in [2.24, 2.45) is 5.92 Å². The first-order valence-corrected chi connectivity index (χ1v) is 11.8. The van der Waals surface area contributed by atoms with Crippen molar-refractivity contribution in [1.82, 2.24) is 0 Å². The molecule has 1 saturated carbocycles. The lowest BCUT2D eigenvalue weighted by Crippen LogP contribution is -2.25. The second kappa shape index (κ2) is 9.33. The number of carbonyl (C=O) groups is 2. The second-order valence-electron chi connectivity index (χ2n) is 8.78. The number of ether oxygens (including phenoxy) is 4. The van der Waals surface area contributed by atoms with Gasteiger partial charge in [0.15, 0.2) is 23.0 Å². The van der Waals surface area contributed by atoms with E-state index in [1.165, 1.54) is 6.42 Å². The fourth-order valence-electron chi connectivity index (χ4n) is 4.92. The number of hydrogen-bond donors (Lipinski definition) is 1. The predicted octanol–water partition coefficient (Wildman–Crippen LogP) is 4.82. The van der Waals surface area contributed by atoms with Crippen molar-refractivity contribution < 1.29 is 28.5 Å². The highest BCUT2D eigenvalue weighted by Crippen LogP contribution is 2.45. The molecule has 0 radical (unpaired) electrons. The highest BCUT2D eigenvalue weighted by Gasteiger charge is 2.30. The van der Waals surface area contributed by atoms with Crippen molar-refractivity contribution in [3.8, 4) is 23.0 Å². The Morgan fingerprint density at radius 2 is 1.79 bits per heavy atom. The monoisotopic (exact) mass is 451 g/mol. The zero-order chi connectivity index (χ0) is 22.8. The zero-order valence-corrected chi connectivity index (χ0v) is 18.9.